The van der Waals surface area contributed by atoms with Crippen molar-refractivity contribution in [2.45, 2.75) is 48.6 Å². The van der Waals surface area contributed by atoms with Crippen LogP contribution in [0.3, 0.4) is 0 Å². The molecular formula is C25H21F3N2O3S2. The summed E-state index contributed by atoms with van der Waals surface area (Å²) in [4.78, 5) is 43.0. The number of halogens is 3. The van der Waals surface area contributed by atoms with Crippen molar-refractivity contribution in [2.24, 2.45) is 5.92 Å². The number of aromatic amines is 1. The molecule has 3 atom stereocenters. The van der Waals surface area contributed by atoms with E-state index in [0.29, 0.717) is 14.8 Å². The number of anilines is 1. The molecule has 2 aromatic carbocycles. The molecule has 182 valence electrons. The monoisotopic (exact) mass is 518 g/mol. The molecule has 5 nitrogen and oxygen atoms in total. The number of aromatic nitrogens is 1. The molecule has 1 N–H and O–H groups in total. The van der Waals surface area contributed by atoms with Crippen molar-refractivity contribution >= 4 is 40.6 Å². The first kappa shape index (κ1) is 23.9. The lowest BCUT2D eigenvalue weighted by atomic mass is 9.81. The van der Waals surface area contributed by atoms with Crippen LogP contribution in [0.5, 0.6) is 0 Å². The standard InChI is InChI=1S/C25H21F3N2O3S2/c1-24(2,3)13-10-8-12(9-11-13)16-17-19(34-20-18(16)35-23(33)29-20)22(32)30(21(17)31)15-7-5-4-6-14(15)25(26,27)28/h4-11,16-17,19H,1-3H3,(H,29,33)/t16-,17-,19+/m0/s1. The van der Waals surface area contributed by atoms with Crippen LogP contribution >= 0.6 is 23.1 Å². The normalized spacial score (nSPS) is 22.3. The molecule has 2 aliphatic rings. The van der Waals surface area contributed by atoms with Gasteiger partial charge in [-0.25, -0.2) is 4.90 Å². The number of hydrogen-bond donors (Lipinski definition) is 1. The van der Waals surface area contributed by atoms with Gasteiger partial charge in [0.25, 0.3) is 0 Å². The quantitative estimate of drug-likeness (QED) is 0.452. The summed E-state index contributed by atoms with van der Waals surface area (Å²) in [6.45, 7) is 6.21. The van der Waals surface area contributed by atoms with Crippen LogP contribution in [0.1, 0.15) is 48.3 Å². The first-order valence-electron chi connectivity index (χ1n) is 10.9. The molecule has 1 aromatic heterocycles. The van der Waals surface area contributed by atoms with E-state index in [9.17, 15) is 27.6 Å². The highest BCUT2D eigenvalue weighted by molar-refractivity contribution is 8.00. The van der Waals surface area contributed by atoms with E-state index in [4.69, 9.17) is 0 Å². The number of benzene rings is 2. The van der Waals surface area contributed by atoms with Gasteiger partial charge >= 0.3 is 11.0 Å². The number of nitrogens with one attached hydrogen (secondary N) is 1. The van der Waals surface area contributed by atoms with Gasteiger partial charge in [0.1, 0.15) is 5.25 Å². The number of alkyl halides is 3. The third kappa shape index (κ3) is 3.92. The number of thioether (sulfide) groups is 1. The summed E-state index contributed by atoms with van der Waals surface area (Å²) in [5.74, 6) is -2.97. The fraction of sp³-hybridized carbons (Fsp3) is 0.320. The van der Waals surface area contributed by atoms with Gasteiger partial charge in [-0.2, -0.15) is 13.2 Å². The number of amides is 2. The van der Waals surface area contributed by atoms with Crippen molar-refractivity contribution in [1.29, 1.82) is 0 Å². The molecule has 35 heavy (non-hydrogen) atoms. The van der Waals surface area contributed by atoms with Gasteiger partial charge in [-0.05, 0) is 28.7 Å². The highest BCUT2D eigenvalue weighted by Gasteiger charge is 2.57. The lowest BCUT2D eigenvalue weighted by Crippen LogP contribution is -2.33. The summed E-state index contributed by atoms with van der Waals surface area (Å²) in [6.07, 6.45) is -4.73. The zero-order valence-electron chi connectivity index (χ0n) is 19.0. The summed E-state index contributed by atoms with van der Waals surface area (Å²) in [7, 11) is 0. The predicted molar refractivity (Wildman–Crippen MR) is 129 cm³/mol. The summed E-state index contributed by atoms with van der Waals surface area (Å²) in [6, 6.07) is 12.2. The van der Waals surface area contributed by atoms with Crippen LogP contribution < -0.4 is 9.77 Å². The molecule has 3 aromatic rings. The maximum Gasteiger partial charge on any atom is 0.418 e. The second kappa shape index (κ2) is 8.09. The van der Waals surface area contributed by atoms with E-state index in [0.717, 1.165) is 46.4 Å². The third-order valence-corrected chi connectivity index (χ3v) is 8.81. The Morgan fingerprint density at radius 2 is 1.57 bits per heavy atom. The largest absolute Gasteiger partial charge is 0.418 e. The van der Waals surface area contributed by atoms with Crippen LogP contribution in [0.4, 0.5) is 18.9 Å². The zero-order chi connectivity index (χ0) is 25.3. The Morgan fingerprint density at radius 3 is 2.20 bits per heavy atom. The lowest BCUT2D eigenvalue weighted by Gasteiger charge is -2.30. The third-order valence-electron chi connectivity index (χ3n) is 6.41. The van der Waals surface area contributed by atoms with Gasteiger partial charge < -0.3 is 4.98 Å². The number of para-hydroxylation sites is 1. The van der Waals surface area contributed by atoms with Gasteiger partial charge in [-0.3, -0.25) is 14.4 Å². The first-order chi connectivity index (χ1) is 16.4. The van der Waals surface area contributed by atoms with Crippen LogP contribution in [0, 0.1) is 5.92 Å². The SMILES string of the molecule is CC(C)(C)c1ccc([C@@H]2c3sc(=O)[nH]c3S[C@H]3C(=O)N(c4ccccc4C(F)(F)F)C(=O)[C@@H]23)cc1. The number of H-pyrrole nitrogens is 1. The van der Waals surface area contributed by atoms with Gasteiger partial charge in [-0.1, -0.05) is 80.3 Å². The van der Waals surface area contributed by atoms with Crippen molar-refractivity contribution in [3.05, 3.63) is 79.8 Å². The molecule has 0 radical (unpaired) electrons. The average molecular weight is 519 g/mol. The Kier molecular flexibility index (Phi) is 5.52. The first-order valence-corrected chi connectivity index (χ1v) is 12.6. The van der Waals surface area contributed by atoms with Crippen molar-refractivity contribution in [2.75, 3.05) is 4.90 Å². The van der Waals surface area contributed by atoms with Crippen molar-refractivity contribution in [3.8, 4) is 0 Å². The van der Waals surface area contributed by atoms with Crippen LogP contribution in [0.25, 0.3) is 0 Å². The second-order valence-corrected chi connectivity index (χ2v) is 11.8. The van der Waals surface area contributed by atoms with Crippen LogP contribution in [-0.2, 0) is 21.2 Å². The highest BCUT2D eigenvalue weighted by atomic mass is 32.2. The minimum atomic E-state index is -4.73. The van der Waals surface area contributed by atoms with Crippen molar-refractivity contribution in [1.82, 2.24) is 4.98 Å². The van der Waals surface area contributed by atoms with E-state index < -0.39 is 46.3 Å². The Morgan fingerprint density at radius 1 is 0.914 bits per heavy atom. The number of carbonyl (C=O) groups excluding carboxylic acids is 2. The van der Waals surface area contributed by atoms with Gasteiger partial charge in [0.15, 0.2) is 0 Å². The molecule has 2 amide bonds. The molecule has 0 unspecified atom stereocenters. The van der Waals surface area contributed by atoms with E-state index in [2.05, 4.69) is 25.8 Å². The van der Waals surface area contributed by atoms with E-state index in [-0.39, 0.29) is 10.3 Å². The molecule has 3 heterocycles. The minimum absolute atomic E-state index is 0.106. The van der Waals surface area contributed by atoms with Crippen LogP contribution in [0.2, 0.25) is 0 Å². The summed E-state index contributed by atoms with van der Waals surface area (Å²) >= 11 is 2.00. The smallest absolute Gasteiger partial charge is 0.307 e. The molecule has 10 heteroatoms. The van der Waals surface area contributed by atoms with Gasteiger partial charge in [0.05, 0.1) is 22.2 Å². The topological polar surface area (TPSA) is 70.2 Å². The Bertz CT molecular complexity index is 1390. The van der Waals surface area contributed by atoms with E-state index in [1.807, 2.05) is 24.3 Å². The number of rotatable bonds is 2. The number of carbonyl (C=O) groups is 2. The maximum absolute atomic E-state index is 13.7. The van der Waals surface area contributed by atoms with Gasteiger partial charge in [0, 0.05) is 10.8 Å². The summed E-state index contributed by atoms with van der Waals surface area (Å²) < 4.78 is 41.2. The fourth-order valence-electron chi connectivity index (χ4n) is 4.71. The van der Waals surface area contributed by atoms with E-state index in [1.54, 1.807) is 0 Å². The molecule has 0 bridgehead atoms. The number of fused-ring (bicyclic) bond motifs is 2. The summed E-state index contributed by atoms with van der Waals surface area (Å²) in [5.41, 5.74) is 0.186. The van der Waals surface area contributed by atoms with Crippen LogP contribution in [0.15, 0.2) is 58.4 Å². The van der Waals surface area contributed by atoms with Crippen LogP contribution in [-0.4, -0.2) is 22.0 Å². The predicted octanol–water partition coefficient (Wildman–Crippen LogP) is 5.55. The Labute approximate surface area is 207 Å². The number of thiazole rings is 1. The second-order valence-electron chi connectivity index (χ2n) is 9.65. The zero-order valence-corrected chi connectivity index (χ0v) is 20.6. The minimum Gasteiger partial charge on any atom is -0.307 e. The van der Waals surface area contributed by atoms with E-state index >= 15 is 0 Å². The molecule has 0 spiro atoms. The van der Waals surface area contributed by atoms with Crippen molar-refractivity contribution in [3.63, 3.8) is 0 Å². The fourth-order valence-corrected chi connectivity index (χ4v) is 7.23. The molecule has 0 saturated carbocycles. The Balaban J connectivity index is 1.64. The number of imide groups is 1. The molecule has 5 rings (SSSR count). The van der Waals surface area contributed by atoms with E-state index in [1.165, 1.54) is 12.1 Å². The maximum atomic E-state index is 13.7. The molecule has 0 aliphatic carbocycles. The van der Waals surface area contributed by atoms with Crippen molar-refractivity contribution < 1.29 is 22.8 Å². The number of nitrogens with zero attached hydrogens (tertiary/aromatic N) is 1. The van der Waals surface area contributed by atoms with Gasteiger partial charge in [-0.15, -0.1) is 0 Å². The Hall–Kier alpha value is -2.85. The highest BCUT2D eigenvalue weighted by Crippen LogP contribution is 2.54. The molecule has 1 fully saturated rings. The molecular weight excluding hydrogens is 497 g/mol. The average Bonchev–Trinajstić information content (AvgIpc) is 3.27. The summed E-state index contributed by atoms with van der Waals surface area (Å²) in [5, 5.41) is -0.466. The molecule has 2 aliphatic heterocycles. The molecule has 1 saturated heterocycles. The number of hydrogen-bond acceptors (Lipinski definition) is 5. The lowest BCUT2D eigenvalue weighted by molar-refractivity contribution is -0.137. The van der Waals surface area contributed by atoms with Gasteiger partial charge in [0.2, 0.25) is 11.8 Å².